The van der Waals surface area contributed by atoms with Crippen molar-refractivity contribution < 1.29 is 9.50 Å². The molecule has 2 nitrogen and oxygen atoms in total. The summed E-state index contributed by atoms with van der Waals surface area (Å²) in [7, 11) is 0. The average molecular weight is 235 g/mol. The third kappa shape index (κ3) is 2.67. The van der Waals surface area contributed by atoms with Gasteiger partial charge in [0, 0.05) is 12.6 Å². The van der Waals surface area contributed by atoms with E-state index in [9.17, 15) is 9.50 Å². The molecule has 1 aromatic carbocycles. The first-order valence-corrected chi connectivity index (χ1v) is 5.98. The van der Waals surface area contributed by atoms with Crippen LogP contribution in [0.1, 0.15) is 31.4 Å². The maximum Gasteiger partial charge on any atom is 0.146 e. The summed E-state index contributed by atoms with van der Waals surface area (Å²) in [4.78, 5) is 2.04. The molecule has 0 aromatic heterocycles. The van der Waals surface area contributed by atoms with Gasteiger partial charge in [-0.1, -0.05) is 12.1 Å². The van der Waals surface area contributed by atoms with E-state index in [1.54, 1.807) is 25.1 Å². The highest BCUT2D eigenvalue weighted by Crippen LogP contribution is 2.33. The topological polar surface area (TPSA) is 23.5 Å². The van der Waals surface area contributed by atoms with Crippen molar-refractivity contribution in [3.63, 3.8) is 0 Å². The van der Waals surface area contributed by atoms with Gasteiger partial charge in [0.05, 0.1) is 11.8 Å². The van der Waals surface area contributed by atoms with Crippen molar-refractivity contribution in [3.05, 3.63) is 42.2 Å². The van der Waals surface area contributed by atoms with Gasteiger partial charge in [-0.2, -0.15) is 0 Å². The summed E-state index contributed by atoms with van der Waals surface area (Å²) >= 11 is 0. The maximum absolute atomic E-state index is 14.0. The van der Waals surface area contributed by atoms with Gasteiger partial charge in [0.1, 0.15) is 5.82 Å². The molecule has 0 unspecified atom stereocenters. The molecular formula is C14H18FNO. The van der Waals surface area contributed by atoms with Crippen LogP contribution < -0.4 is 4.90 Å². The molecular weight excluding hydrogens is 217 g/mol. The third-order valence-corrected chi connectivity index (χ3v) is 3.08. The Labute approximate surface area is 101 Å². The highest BCUT2D eigenvalue weighted by molar-refractivity contribution is 5.52. The molecule has 0 amide bonds. The number of nitrogens with zero attached hydrogens (tertiary/aromatic N) is 1. The number of rotatable bonds is 5. The SMILES string of the molecule is C=CCN(c1ccc([C@H](C)O)cc1F)C1CC1. The summed E-state index contributed by atoms with van der Waals surface area (Å²) in [6, 6.07) is 5.39. The smallest absolute Gasteiger partial charge is 0.146 e. The molecule has 2 rings (SSSR count). The summed E-state index contributed by atoms with van der Waals surface area (Å²) in [6.07, 6.45) is 3.39. The van der Waals surface area contributed by atoms with Gasteiger partial charge in [-0.25, -0.2) is 4.39 Å². The van der Waals surface area contributed by atoms with Crippen LogP contribution in [-0.4, -0.2) is 17.7 Å². The van der Waals surface area contributed by atoms with Gasteiger partial charge in [0.25, 0.3) is 0 Å². The Bertz CT molecular complexity index is 413. The lowest BCUT2D eigenvalue weighted by Gasteiger charge is -2.24. The summed E-state index contributed by atoms with van der Waals surface area (Å²) < 4.78 is 14.0. The number of aliphatic hydroxyl groups excluding tert-OH is 1. The number of benzene rings is 1. The van der Waals surface area contributed by atoms with E-state index < -0.39 is 6.10 Å². The predicted molar refractivity (Wildman–Crippen MR) is 67.6 cm³/mol. The zero-order valence-corrected chi connectivity index (χ0v) is 10.1. The van der Waals surface area contributed by atoms with Crippen LogP contribution in [0.5, 0.6) is 0 Å². The van der Waals surface area contributed by atoms with Crippen LogP contribution in [0, 0.1) is 5.82 Å². The van der Waals surface area contributed by atoms with E-state index in [-0.39, 0.29) is 5.82 Å². The quantitative estimate of drug-likeness (QED) is 0.793. The average Bonchev–Trinajstić information content (AvgIpc) is 3.10. The number of aliphatic hydroxyl groups is 1. The zero-order chi connectivity index (χ0) is 12.4. The van der Waals surface area contributed by atoms with E-state index in [0.29, 0.717) is 23.8 Å². The molecule has 1 N–H and O–H groups in total. The monoisotopic (exact) mass is 235 g/mol. The van der Waals surface area contributed by atoms with E-state index in [1.165, 1.54) is 6.07 Å². The minimum Gasteiger partial charge on any atom is -0.389 e. The number of anilines is 1. The van der Waals surface area contributed by atoms with E-state index >= 15 is 0 Å². The Morgan fingerprint density at radius 3 is 2.76 bits per heavy atom. The van der Waals surface area contributed by atoms with Crippen LogP contribution in [-0.2, 0) is 0 Å². The lowest BCUT2D eigenvalue weighted by molar-refractivity contribution is 0.199. The number of hydrogen-bond acceptors (Lipinski definition) is 2. The first-order valence-electron chi connectivity index (χ1n) is 5.98. The Morgan fingerprint density at radius 1 is 1.59 bits per heavy atom. The third-order valence-electron chi connectivity index (χ3n) is 3.08. The zero-order valence-electron chi connectivity index (χ0n) is 10.1. The van der Waals surface area contributed by atoms with Crippen molar-refractivity contribution in [3.8, 4) is 0 Å². The minimum atomic E-state index is -0.632. The maximum atomic E-state index is 14.0. The van der Waals surface area contributed by atoms with E-state index in [2.05, 4.69) is 6.58 Å². The van der Waals surface area contributed by atoms with Crippen molar-refractivity contribution >= 4 is 5.69 Å². The van der Waals surface area contributed by atoms with Gasteiger partial charge < -0.3 is 10.0 Å². The Morgan fingerprint density at radius 2 is 2.29 bits per heavy atom. The second-order valence-corrected chi connectivity index (χ2v) is 4.56. The van der Waals surface area contributed by atoms with Crippen molar-refractivity contribution in [1.29, 1.82) is 0 Å². The molecule has 1 atom stereocenters. The van der Waals surface area contributed by atoms with Crippen LogP contribution in [0.4, 0.5) is 10.1 Å². The fraction of sp³-hybridized carbons (Fsp3) is 0.429. The van der Waals surface area contributed by atoms with Gasteiger partial charge >= 0.3 is 0 Å². The molecule has 1 saturated carbocycles. The standard InChI is InChI=1S/C14H18FNO/c1-3-8-16(12-5-6-12)14-7-4-11(10(2)17)9-13(14)15/h3-4,7,9-10,12,17H,1,5-6,8H2,2H3/t10-/m0/s1. The lowest BCUT2D eigenvalue weighted by Crippen LogP contribution is -2.26. The summed E-state index contributed by atoms with van der Waals surface area (Å²) in [5.41, 5.74) is 1.22. The van der Waals surface area contributed by atoms with Crippen molar-refractivity contribution in [1.82, 2.24) is 0 Å². The summed E-state index contributed by atoms with van der Waals surface area (Å²) in [5.74, 6) is -0.267. The minimum absolute atomic E-state index is 0.267. The van der Waals surface area contributed by atoms with Gasteiger partial charge in [-0.15, -0.1) is 6.58 Å². The van der Waals surface area contributed by atoms with E-state index in [4.69, 9.17) is 0 Å². The summed E-state index contributed by atoms with van der Waals surface area (Å²) in [5, 5.41) is 9.41. The van der Waals surface area contributed by atoms with Crippen LogP contribution in [0.25, 0.3) is 0 Å². The predicted octanol–water partition coefficient (Wildman–Crippen LogP) is 3.03. The second-order valence-electron chi connectivity index (χ2n) is 4.56. The highest BCUT2D eigenvalue weighted by atomic mass is 19.1. The molecule has 92 valence electrons. The highest BCUT2D eigenvalue weighted by Gasteiger charge is 2.29. The van der Waals surface area contributed by atoms with Gasteiger partial charge in [0.15, 0.2) is 0 Å². The molecule has 0 heterocycles. The van der Waals surface area contributed by atoms with E-state index in [0.717, 1.165) is 12.8 Å². The molecule has 1 fully saturated rings. The molecule has 0 radical (unpaired) electrons. The first-order chi connectivity index (χ1) is 8.13. The Balaban J connectivity index is 2.27. The van der Waals surface area contributed by atoms with Crippen LogP contribution in [0.3, 0.4) is 0 Å². The Hall–Kier alpha value is -1.35. The molecule has 0 aliphatic heterocycles. The lowest BCUT2D eigenvalue weighted by atomic mass is 10.1. The Kier molecular flexibility index (Phi) is 3.48. The fourth-order valence-electron chi connectivity index (χ4n) is 1.99. The molecule has 3 heteroatoms. The normalized spacial score (nSPS) is 16.6. The van der Waals surface area contributed by atoms with Gasteiger partial charge in [0.2, 0.25) is 0 Å². The van der Waals surface area contributed by atoms with Crippen LogP contribution >= 0.6 is 0 Å². The van der Waals surface area contributed by atoms with Crippen molar-refractivity contribution in [2.45, 2.75) is 31.9 Å². The number of hydrogen-bond donors (Lipinski definition) is 1. The molecule has 1 aliphatic rings. The molecule has 0 spiro atoms. The molecule has 17 heavy (non-hydrogen) atoms. The molecule has 0 bridgehead atoms. The van der Waals surface area contributed by atoms with E-state index in [1.807, 2.05) is 4.90 Å². The van der Waals surface area contributed by atoms with Crippen LogP contribution in [0.2, 0.25) is 0 Å². The largest absolute Gasteiger partial charge is 0.389 e. The molecule has 1 aromatic rings. The van der Waals surface area contributed by atoms with Gasteiger partial charge in [-0.05, 0) is 37.5 Å². The summed E-state index contributed by atoms with van der Waals surface area (Å²) in [6.45, 7) is 6.01. The first kappa shape index (κ1) is 12.1. The van der Waals surface area contributed by atoms with Crippen molar-refractivity contribution in [2.75, 3.05) is 11.4 Å². The van der Waals surface area contributed by atoms with Gasteiger partial charge in [-0.3, -0.25) is 0 Å². The number of halogens is 1. The molecule has 1 aliphatic carbocycles. The van der Waals surface area contributed by atoms with Crippen LogP contribution in [0.15, 0.2) is 30.9 Å². The fourth-order valence-corrected chi connectivity index (χ4v) is 1.99. The molecule has 0 saturated heterocycles. The van der Waals surface area contributed by atoms with Crippen molar-refractivity contribution in [2.24, 2.45) is 0 Å². The second kappa shape index (κ2) is 4.88.